The lowest BCUT2D eigenvalue weighted by Crippen LogP contribution is -2.43. The number of terminal acetylenes is 1. The second-order valence-corrected chi connectivity index (χ2v) is 7.46. The van der Waals surface area contributed by atoms with Gasteiger partial charge in [0.25, 0.3) is 0 Å². The van der Waals surface area contributed by atoms with Crippen molar-refractivity contribution in [3.63, 3.8) is 0 Å². The van der Waals surface area contributed by atoms with Gasteiger partial charge in [0.2, 0.25) is 0 Å². The lowest BCUT2D eigenvalue weighted by Gasteiger charge is -2.35. The van der Waals surface area contributed by atoms with Crippen LogP contribution in [0, 0.1) is 12.3 Å². The van der Waals surface area contributed by atoms with Crippen molar-refractivity contribution in [2.45, 2.75) is 30.6 Å². The number of nitrogens with zero attached hydrogens (tertiary/aromatic N) is 3. The standard InChI is InChI=1S/C16H20N4S2.C3H4.C2H6/c1-21-14-4-2-13(3-5-14)19-8-10-20(11-9-19)22-15-6-7-16(17)18-12-15;1-3-2;1-2/h2-7,12H,8-11H2,1H3,(H2,17,18);1H,2H3;1-2H3. The third kappa shape index (κ3) is 8.17. The van der Waals surface area contributed by atoms with Gasteiger partial charge in [-0.3, -0.25) is 0 Å². The van der Waals surface area contributed by atoms with E-state index in [1.165, 1.54) is 10.6 Å². The van der Waals surface area contributed by atoms with Gasteiger partial charge in [-0.1, -0.05) is 13.8 Å². The number of thioether (sulfide) groups is 1. The van der Waals surface area contributed by atoms with Gasteiger partial charge < -0.3 is 10.6 Å². The summed E-state index contributed by atoms with van der Waals surface area (Å²) in [6, 6.07) is 12.7. The predicted molar refractivity (Wildman–Crippen MR) is 122 cm³/mol. The van der Waals surface area contributed by atoms with E-state index in [2.05, 4.69) is 57.1 Å². The topological polar surface area (TPSA) is 45.4 Å². The van der Waals surface area contributed by atoms with Gasteiger partial charge in [-0.15, -0.1) is 24.1 Å². The van der Waals surface area contributed by atoms with E-state index in [1.54, 1.807) is 30.6 Å². The summed E-state index contributed by atoms with van der Waals surface area (Å²) in [7, 11) is 0. The van der Waals surface area contributed by atoms with Crippen molar-refractivity contribution in [2.24, 2.45) is 0 Å². The molecule has 1 aliphatic rings. The molecule has 3 rings (SSSR count). The third-order valence-electron chi connectivity index (χ3n) is 3.67. The van der Waals surface area contributed by atoms with E-state index in [-0.39, 0.29) is 0 Å². The van der Waals surface area contributed by atoms with Gasteiger partial charge in [-0.2, -0.15) is 0 Å². The Morgan fingerprint density at radius 3 is 2.04 bits per heavy atom. The fraction of sp³-hybridized carbons (Fsp3) is 0.381. The van der Waals surface area contributed by atoms with Crippen LogP contribution in [0.5, 0.6) is 0 Å². The monoisotopic (exact) mass is 402 g/mol. The second kappa shape index (κ2) is 13.4. The summed E-state index contributed by atoms with van der Waals surface area (Å²) in [5.74, 6) is 2.82. The van der Waals surface area contributed by atoms with E-state index < -0.39 is 0 Å². The lowest BCUT2D eigenvalue weighted by molar-refractivity contribution is 0.429. The van der Waals surface area contributed by atoms with E-state index in [0.717, 1.165) is 31.1 Å². The number of nitrogen functional groups attached to an aromatic ring is 1. The lowest BCUT2D eigenvalue weighted by atomic mass is 10.2. The predicted octanol–water partition coefficient (Wildman–Crippen LogP) is 4.88. The Labute approximate surface area is 173 Å². The van der Waals surface area contributed by atoms with Gasteiger partial charge in [0.15, 0.2) is 0 Å². The zero-order valence-corrected chi connectivity index (χ0v) is 18.3. The van der Waals surface area contributed by atoms with Crippen LogP contribution in [0.15, 0.2) is 52.4 Å². The summed E-state index contributed by atoms with van der Waals surface area (Å²) >= 11 is 3.54. The molecule has 2 N–H and O–H groups in total. The molecule has 0 atom stereocenters. The third-order valence-corrected chi connectivity index (χ3v) is 5.49. The Balaban J connectivity index is 0.000000665. The van der Waals surface area contributed by atoms with Crippen LogP contribution in [0.2, 0.25) is 0 Å². The summed E-state index contributed by atoms with van der Waals surface area (Å²) < 4.78 is 2.39. The number of piperazine rings is 1. The Morgan fingerprint density at radius 1 is 1.00 bits per heavy atom. The van der Waals surface area contributed by atoms with Gasteiger partial charge >= 0.3 is 0 Å². The summed E-state index contributed by atoms with van der Waals surface area (Å²) in [6.45, 7) is 9.83. The Kier molecular flexibility index (Phi) is 11.5. The van der Waals surface area contributed by atoms with Crippen molar-refractivity contribution in [2.75, 3.05) is 43.1 Å². The maximum absolute atomic E-state index is 5.62. The molecule has 27 heavy (non-hydrogen) atoms. The van der Waals surface area contributed by atoms with E-state index >= 15 is 0 Å². The molecule has 1 fully saturated rings. The van der Waals surface area contributed by atoms with Crippen LogP contribution in [0.4, 0.5) is 11.5 Å². The molecule has 2 aromatic rings. The average Bonchev–Trinajstić information content (AvgIpc) is 2.72. The number of anilines is 2. The molecule has 0 unspecified atom stereocenters. The fourth-order valence-electron chi connectivity index (χ4n) is 2.43. The van der Waals surface area contributed by atoms with Gasteiger partial charge in [-0.25, -0.2) is 9.29 Å². The van der Waals surface area contributed by atoms with Gasteiger partial charge in [0.05, 0.1) is 0 Å². The molecule has 6 heteroatoms. The molecule has 1 aromatic carbocycles. The number of pyridine rings is 1. The molecular formula is C21H30N4S2. The SMILES string of the molecule is C#CC.CC.CSc1ccc(N2CCN(Sc3ccc(N)nc3)CC2)cc1. The maximum atomic E-state index is 5.62. The van der Waals surface area contributed by atoms with E-state index in [0.29, 0.717) is 5.82 Å². The van der Waals surface area contributed by atoms with Crippen LogP contribution in [-0.4, -0.2) is 41.7 Å². The number of hydrogen-bond donors (Lipinski definition) is 1. The Morgan fingerprint density at radius 2 is 1.56 bits per heavy atom. The Bertz CT molecular complexity index is 673. The largest absolute Gasteiger partial charge is 0.384 e. The second-order valence-electron chi connectivity index (χ2n) is 5.41. The van der Waals surface area contributed by atoms with Crippen LogP contribution >= 0.6 is 23.7 Å². The molecule has 0 spiro atoms. The highest BCUT2D eigenvalue weighted by molar-refractivity contribution is 7.98. The van der Waals surface area contributed by atoms with Crippen molar-refractivity contribution in [3.05, 3.63) is 42.6 Å². The first kappa shape index (κ1) is 23.2. The molecule has 2 heterocycles. The molecule has 1 aliphatic heterocycles. The normalized spacial score (nSPS) is 13.5. The van der Waals surface area contributed by atoms with Crippen LogP contribution in [0.25, 0.3) is 0 Å². The highest BCUT2D eigenvalue weighted by atomic mass is 32.2. The average molecular weight is 403 g/mol. The first-order chi connectivity index (χ1) is 13.2. The van der Waals surface area contributed by atoms with Gasteiger partial charge in [-0.05, 0) is 61.5 Å². The van der Waals surface area contributed by atoms with Gasteiger partial charge in [0, 0.05) is 47.9 Å². The molecule has 0 radical (unpaired) electrons. The smallest absolute Gasteiger partial charge is 0.123 e. The molecule has 146 valence electrons. The van der Waals surface area contributed by atoms with Crippen molar-refractivity contribution in [1.82, 2.24) is 9.29 Å². The number of aromatic nitrogens is 1. The quantitative estimate of drug-likeness (QED) is 0.447. The van der Waals surface area contributed by atoms with Crippen LogP contribution in [-0.2, 0) is 0 Å². The molecule has 0 amide bonds. The molecule has 0 saturated carbocycles. The number of benzene rings is 1. The molecule has 1 saturated heterocycles. The van der Waals surface area contributed by atoms with Crippen molar-refractivity contribution in [1.29, 1.82) is 0 Å². The molecule has 0 bridgehead atoms. The maximum Gasteiger partial charge on any atom is 0.123 e. The van der Waals surface area contributed by atoms with Gasteiger partial charge in [0.1, 0.15) is 5.82 Å². The summed E-state index contributed by atoms with van der Waals surface area (Å²) in [5.41, 5.74) is 6.94. The van der Waals surface area contributed by atoms with Crippen LogP contribution in [0.3, 0.4) is 0 Å². The minimum Gasteiger partial charge on any atom is -0.384 e. The van der Waals surface area contributed by atoms with Crippen LogP contribution in [0.1, 0.15) is 20.8 Å². The minimum atomic E-state index is 0.572. The summed E-state index contributed by atoms with van der Waals surface area (Å²) in [6.07, 6.45) is 8.55. The van der Waals surface area contributed by atoms with Crippen molar-refractivity contribution in [3.8, 4) is 12.3 Å². The minimum absolute atomic E-state index is 0.572. The molecule has 4 nitrogen and oxygen atoms in total. The highest BCUT2D eigenvalue weighted by Crippen LogP contribution is 2.26. The fourth-order valence-corrected chi connectivity index (χ4v) is 3.71. The number of rotatable bonds is 4. The molecule has 0 aliphatic carbocycles. The first-order valence-corrected chi connectivity index (χ1v) is 11.1. The number of hydrogen-bond acceptors (Lipinski definition) is 6. The van der Waals surface area contributed by atoms with E-state index in [4.69, 9.17) is 5.73 Å². The Hall–Kier alpha value is -1.81. The molecule has 1 aromatic heterocycles. The van der Waals surface area contributed by atoms with E-state index in [9.17, 15) is 0 Å². The number of nitrogens with two attached hydrogens (primary N) is 1. The van der Waals surface area contributed by atoms with Crippen LogP contribution < -0.4 is 10.6 Å². The zero-order chi connectivity index (χ0) is 20.1. The van der Waals surface area contributed by atoms with Crippen molar-refractivity contribution < 1.29 is 0 Å². The first-order valence-electron chi connectivity index (χ1n) is 9.07. The van der Waals surface area contributed by atoms with Crippen molar-refractivity contribution >= 4 is 35.2 Å². The molecular weight excluding hydrogens is 372 g/mol. The van der Waals surface area contributed by atoms with E-state index in [1.807, 2.05) is 32.2 Å². The zero-order valence-electron chi connectivity index (χ0n) is 16.7. The summed E-state index contributed by atoms with van der Waals surface area (Å²) in [5, 5.41) is 0. The summed E-state index contributed by atoms with van der Waals surface area (Å²) in [4.78, 5) is 9.05. The highest BCUT2D eigenvalue weighted by Gasteiger charge is 2.18.